The molecule has 31 heavy (non-hydrogen) atoms. The number of rotatable bonds is 8. The summed E-state index contributed by atoms with van der Waals surface area (Å²) in [4.78, 5) is 25.9. The van der Waals surface area contributed by atoms with Crippen molar-refractivity contribution in [3.63, 3.8) is 0 Å². The first-order chi connectivity index (χ1) is 14.8. The Morgan fingerprint density at radius 3 is 2.39 bits per heavy atom. The van der Waals surface area contributed by atoms with Crippen LogP contribution in [-0.4, -0.2) is 37.2 Å². The molecule has 3 aromatic rings. The molecule has 2 aromatic heterocycles. The van der Waals surface area contributed by atoms with Gasteiger partial charge in [-0.15, -0.1) is 0 Å². The van der Waals surface area contributed by atoms with Crippen molar-refractivity contribution in [3.8, 4) is 16.9 Å². The summed E-state index contributed by atoms with van der Waals surface area (Å²) < 4.78 is 2.71. The molecule has 1 aromatic carbocycles. The number of aromatic nitrogens is 4. The largest absolute Gasteiger partial charge is 0.396 e. The van der Waals surface area contributed by atoms with E-state index in [0.717, 1.165) is 28.7 Å². The average molecular weight is 424 g/mol. The third kappa shape index (κ3) is 4.29. The molecule has 0 aliphatic rings. The fourth-order valence-electron chi connectivity index (χ4n) is 3.78. The highest BCUT2D eigenvalue weighted by atomic mass is 16.3. The molecule has 2 heterocycles. The van der Waals surface area contributed by atoms with Crippen LogP contribution < -0.4 is 11.3 Å². The molecule has 0 aliphatic heterocycles. The van der Waals surface area contributed by atoms with Crippen LogP contribution in [0.2, 0.25) is 0 Å². The molecule has 3 rings (SSSR count). The number of aryl methyl sites for hydroxylation is 2. The van der Waals surface area contributed by atoms with Gasteiger partial charge in [0.05, 0.1) is 24.7 Å². The van der Waals surface area contributed by atoms with E-state index in [0.29, 0.717) is 16.9 Å². The smallest absolute Gasteiger partial charge is 0.284 e. The molecule has 8 heteroatoms. The standard InChI is InChI=1S/C23H29N5O3/c1-5-14(3)18(13-29)19-20(22(24)30)23(31)28(17-11-25-27(4)12-17)26-21(19)16-9-7-15(6-2)8-10-16/h7-12,14,18,29H,5-6,13H2,1-4H3,(H2,24,30). The fraction of sp³-hybridized carbons (Fsp3) is 0.391. The van der Waals surface area contributed by atoms with Crippen molar-refractivity contribution < 1.29 is 9.90 Å². The van der Waals surface area contributed by atoms with Gasteiger partial charge in [0.2, 0.25) is 0 Å². The lowest BCUT2D eigenvalue weighted by Gasteiger charge is -2.25. The number of carbonyl (C=O) groups is 1. The third-order valence-corrected chi connectivity index (χ3v) is 5.85. The topological polar surface area (TPSA) is 116 Å². The van der Waals surface area contributed by atoms with Gasteiger partial charge < -0.3 is 10.8 Å². The van der Waals surface area contributed by atoms with Crippen molar-refractivity contribution in [1.82, 2.24) is 19.6 Å². The Labute approximate surface area is 181 Å². The number of benzene rings is 1. The van der Waals surface area contributed by atoms with Crippen LogP contribution in [0.15, 0.2) is 41.5 Å². The summed E-state index contributed by atoms with van der Waals surface area (Å²) in [5, 5.41) is 19.0. The highest BCUT2D eigenvalue weighted by molar-refractivity contribution is 5.96. The monoisotopic (exact) mass is 423 g/mol. The van der Waals surface area contributed by atoms with Crippen LogP contribution in [0.25, 0.3) is 16.9 Å². The van der Waals surface area contributed by atoms with Crippen LogP contribution in [0.1, 0.15) is 54.6 Å². The second-order valence-electron chi connectivity index (χ2n) is 7.82. The first kappa shape index (κ1) is 22.4. The Morgan fingerprint density at radius 1 is 1.23 bits per heavy atom. The van der Waals surface area contributed by atoms with Gasteiger partial charge in [-0.05, 0) is 17.9 Å². The van der Waals surface area contributed by atoms with Crippen LogP contribution in [0.5, 0.6) is 0 Å². The zero-order chi connectivity index (χ0) is 22.7. The van der Waals surface area contributed by atoms with Gasteiger partial charge in [-0.25, -0.2) is 0 Å². The van der Waals surface area contributed by atoms with Crippen molar-refractivity contribution in [3.05, 3.63) is 63.7 Å². The molecule has 8 nitrogen and oxygen atoms in total. The van der Waals surface area contributed by atoms with E-state index in [4.69, 9.17) is 5.73 Å². The van der Waals surface area contributed by atoms with E-state index in [1.54, 1.807) is 17.9 Å². The molecule has 164 valence electrons. The molecule has 0 radical (unpaired) electrons. The molecular weight excluding hydrogens is 394 g/mol. The van der Waals surface area contributed by atoms with Crippen molar-refractivity contribution in [2.75, 3.05) is 6.61 Å². The number of primary amides is 1. The SMILES string of the molecule is CCc1ccc(-c2nn(-c3cnn(C)c3)c(=O)c(C(N)=O)c2C(CO)C(C)CC)cc1. The predicted molar refractivity (Wildman–Crippen MR) is 119 cm³/mol. The second-order valence-corrected chi connectivity index (χ2v) is 7.82. The first-order valence-corrected chi connectivity index (χ1v) is 10.5. The Balaban J connectivity index is 2.41. The quantitative estimate of drug-likeness (QED) is 0.577. The van der Waals surface area contributed by atoms with E-state index in [9.17, 15) is 14.7 Å². The van der Waals surface area contributed by atoms with Gasteiger partial charge in [0.25, 0.3) is 11.5 Å². The number of nitrogens with zero attached hydrogens (tertiary/aromatic N) is 4. The van der Waals surface area contributed by atoms with Gasteiger partial charge in [0, 0.05) is 24.1 Å². The minimum atomic E-state index is -0.840. The summed E-state index contributed by atoms with van der Waals surface area (Å²) in [5.74, 6) is -1.29. The van der Waals surface area contributed by atoms with Crippen molar-refractivity contribution in [1.29, 1.82) is 0 Å². The van der Waals surface area contributed by atoms with Gasteiger partial charge in [0.1, 0.15) is 11.3 Å². The van der Waals surface area contributed by atoms with Crippen LogP contribution in [0.4, 0.5) is 0 Å². The summed E-state index contributed by atoms with van der Waals surface area (Å²) >= 11 is 0. The molecular formula is C23H29N5O3. The highest BCUT2D eigenvalue weighted by Crippen LogP contribution is 2.35. The van der Waals surface area contributed by atoms with E-state index in [-0.39, 0.29) is 18.1 Å². The van der Waals surface area contributed by atoms with Gasteiger partial charge in [-0.3, -0.25) is 14.3 Å². The van der Waals surface area contributed by atoms with Crippen LogP contribution in [0.3, 0.4) is 0 Å². The number of hydrogen-bond acceptors (Lipinski definition) is 5. The minimum Gasteiger partial charge on any atom is -0.396 e. The molecule has 3 N–H and O–H groups in total. The maximum Gasteiger partial charge on any atom is 0.284 e. The molecule has 0 spiro atoms. The minimum absolute atomic E-state index is 0.00667. The molecule has 0 bridgehead atoms. The summed E-state index contributed by atoms with van der Waals surface area (Å²) in [6.07, 6.45) is 4.78. The van der Waals surface area contributed by atoms with E-state index in [1.165, 1.54) is 6.20 Å². The Kier molecular flexibility index (Phi) is 6.70. The molecule has 0 saturated heterocycles. The number of nitrogens with two attached hydrogens (primary N) is 1. The van der Waals surface area contributed by atoms with Crippen molar-refractivity contribution >= 4 is 5.91 Å². The molecule has 1 amide bonds. The maximum absolute atomic E-state index is 13.3. The summed E-state index contributed by atoms with van der Waals surface area (Å²) in [6, 6.07) is 7.81. The van der Waals surface area contributed by atoms with E-state index in [1.807, 2.05) is 38.1 Å². The number of aliphatic hydroxyl groups excluding tert-OH is 1. The van der Waals surface area contributed by atoms with Crippen molar-refractivity contribution in [2.45, 2.75) is 39.5 Å². The molecule has 0 fully saturated rings. The number of carbonyl (C=O) groups excluding carboxylic acids is 1. The summed E-state index contributed by atoms with van der Waals surface area (Å²) in [6.45, 7) is 5.81. The Hall–Kier alpha value is -3.26. The van der Waals surface area contributed by atoms with Gasteiger partial charge in [-0.1, -0.05) is 51.5 Å². The van der Waals surface area contributed by atoms with Gasteiger partial charge >= 0.3 is 0 Å². The second kappa shape index (κ2) is 9.26. The van der Waals surface area contributed by atoms with Crippen LogP contribution >= 0.6 is 0 Å². The van der Waals surface area contributed by atoms with Gasteiger partial charge in [-0.2, -0.15) is 14.9 Å². The Bertz CT molecular complexity index is 1130. The average Bonchev–Trinajstić information content (AvgIpc) is 3.20. The van der Waals surface area contributed by atoms with Crippen LogP contribution in [-0.2, 0) is 13.5 Å². The molecule has 0 saturated carbocycles. The predicted octanol–water partition coefficient (Wildman–Crippen LogP) is 2.42. The molecule has 2 atom stereocenters. The van der Waals surface area contributed by atoms with E-state index >= 15 is 0 Å². The first-order valence-electron chi connectivity index (χ1n) is 10.5. The highest BCUT2D eigenvalue weighted by Gasteiger charge is 2.31. The van der Waals surface area contributed by atoms with Crippen molar-refractivity contribution in [2.24, 2.45) is 18.7 Å². The maximum atomic E-state index is 13.3. The zero-order valence-electron chi connectivity index (χ0n) is 18.4. The number of aliphatic hydroxyl groups is 1. The summed E-state index contributed by atoms with van der Waals surface area (Å²) in [5.41, 5.74) is 8.13. The lowest BCUT2D eigenvalue weighted by Crippen LogP contribution is -2.35. The van der Waals surface area contributed by atoms with E-state index < -0.39 is 17.4 Å². The Morgan fingerprint density at radius 2 is 1.90 bits per heavy atom. The lowest BCUT2D eigenvalue weighted by atomic mass is 9.81. The third-order valence-electron chi connectivity index (χ3n) is 5.85. The number of hydrogen-bond donors (Lipinski definition) is 2. The normalized spacial score (nSPS) is 13.2. The summed E-state index contributed by atoms with van der Waals surface area (Å²) in [7, 11) is 1.73. The number of amides is 1. The zero-order valence-corrected chi connectivity index (χ0v) is 18.4. The van der Waals surface area contributed by atoms with Crippen LogP contribution in [0, 0.1) is 5.92 Å². The van der Waals surface area contributed by atoms with Gasteiger partial charge in [0.15, 0.2) is 0 Å². The molecule has 0 aliphatic carbocycles. The molecule has 2 unspecified atom stereocenters. The van der Waals surface area contributed by atoms with E-state index in [2.05, 4.69) is 17.1 Å². The lowest BCUT2D eigenvalue weighted by molar-refractivity contribution is 0.0995. The fourth-order valence-corrected chi connectivity index (χ4v) is 3.78.